The fourth-order valence-corrected chi connectivity index (χ4v) is 6.94. The number of fused-ring (bicyclic) bond motifs is 4. The van der Waals surface area contributed by atoms with Gasteiger partial charge in [-0.1, -0.05) is 30.1 Å². The van der Waals surface area contributed by atoms with Gasteiger partial charge in [-0.2, -0.15) is 0 Å². The van der Waals surface area contributed by atoms with E-state index in [9.17, 15) is 9.18 Å². The van der Waals surface area contributed by atoms with E-state index in [-0.39, 0.29) is 29.5 Å². The van der Waals surface area contributed by atoms with Crippen LogP contribution in [0.25, 0.3) is 0 Å². The quantitative estimate of drug-likeness (QED) is 0.513. The molecule has 2 heterocycles. The summed E-state index contributed by atoms with van der Waals surface area (Å²) in [5, 5.41) is 0. The summed E-state index contributed by atoms with van der Waals surface area (Å²) in [6, 6.07) is 6.44. The van der Waals surface area contributed by atoms with E-state index >= 15 is 0 Å². The Morgan fingerprint density at radius 3 is 2.84 bits per heavy atom. The van der Waals surface area contributed by atoms with E-state index in [1.807, 2.05) is 12.1 Å². The minimum Gasteiger partial charge on any atom is -0.378 e. The topological polar surface area (TPSA) is 38.8 Å². The zero-order chi connectivity index (χ0) is 25.6. The van der Waals surface area contributed by atoms with Gasteiger partial charge in [0.05, 0.1) is 12.7 Å². The summed E-state index contributed by atoms with van der Waals surface area (Å²) in [6.07, 6.45) is 13.7. The Labute approximate surface area is 218 Å². The number of carbonyl (C=O) groups excluding carboxylic acids is 1. The highest BCUT2D eigenvalue weighted by Gasteiger charge is 2.54. The molecule has 5 heteroatoms. The summed E-state index contributed by atoms with van der Waals surface area (Å²) in [6.45, 7) is 1.04. The number of ether oxygens (including phenoxy) is 2. The van der Waals surface area contributed by atoms with E-state index in [0.717, 1.165) is 32.1 Å². The molecule has 0 bridgehead atoms. The fourth-order valence-electron chi connectivity index (χ4n) is 6.94. The van der Waals surface area contributed by atoms with Crippen LogP contribution >= 0.6 is 0 Å². The van der Waals surface area contributed by atoms with Crippen molar-refractivity contribution in [3.8, 4) is 11.8 Å². The number of hydrogen-bond acceptors (Lipinski definition) is 4. The second-order valence-corrected chi connectivity index (χ2v) is 11.1. The maximum absolute atomic E-state index is 13.8. The van der Waals surface area contributed by atoms with Crippen LogP contribution in [0.15, 0.2) is 71.0 Å². The molecule has 0 amide bonds. The van der Waals surface area contributed by atoms with Gasteiger partial charge in [0, 0.05) is 50.2 Å². The summed E-state index contributed by atoms with van der Waals surface area (Å²) in [5.41, 5.74) is 5.08. The van der Waals surface area contributed by atoms with Gasteiger partial charge in [-0.25, -0.2) is 4.39 Å². The number of rotatable bonds is 2. The van der Waals surface area contributed by atoms with Crippen molar-refractivity contribution in [3.63, 3.8) is 0 Å². The van der Waals surface area contributed by atoms with Crippen LogP contribution < -0.4 is 0 Å². The molecule has 3 unspecified atom stereocenters. The second kappa shape index (κ2) is 9.74. The summed E-state index contributed by atoms with van der Waals surface area (Å²) in [7, 11) is 4.13. The molecule has 5 atom stereocenters. The Bertz CT molecular complexity index is 1290. The molecule has 0 spiro atoms. The summed E-state index contributed by atoms with van der Waals surface area (Å²) in [5.74, 6) is 7.34. The zero-order valence-corrected chi connectivity index (χ0v) is 21.6. The Morgan fingerprint density at radius 1 is 1.16 bits per heavy atom. The average Bonchev–Trinajstić information content (AvgIpc) is 3.26. The van der Waals surface area contributed by atoms with Crippen LogP contribution in [0.2, 0.25) is 0 Å². The van der Waals surface area contributed by atoms with E-state index in [4.69, 9.17) is 9.47 Å². The molecule has 2 aliphatic heterocycles. The minimum absolute atomic E-state index is 0.0739. The van der Waals surface area contributed by atoms with Crippen molar-refractivity contribution >= 4 is 5.78 Å². The van der Waals surface area contributed by atoms with E-state index in [2.05, 4.69) is 49.1 Å². The van der Waals surface area contributed by atoms with Crippen molar-refractivity contribution in [1.82, 2.24) is 4.90 Å². The van der Waals surface area contributed by atoms with Gasteiger partial charge >= 0.3 is 0 Å². The third-order valence-corrected chi connectivity index (χ3v) is 8.74. The fraction of sp³-hybridized carbons (Fsp3) is 0.469. The summed E-state index contributed by atoms with van der Waals surface area (Å²) < 4.78 is 27.1. The number of ketones is 1. The van der Waals surface area contributed by atoms with Gasteiger partial charge in [-0.3, -0.25) is 4.79 Å². The molecule has 5 aliphatic rings. The lowest BCUT2D eigenvalue weighted by molar-refractivity contribution is -0.114. The number of halogens is 1. The number of benzene rings is 1. The molecular weight excluding hydrogens is 465 g/mol. The first-order valence-corrected chi connectivity index (χ1v) is 13.5. The monoisotopic (exact) mass is 499 g/mol. The molecule has 1 aromatic carbocycles. The van der Waals surface area contributed by atoms with Crippen LogP contribution in [-0.4, -0.2) is 49.7 Å². The van der Waals surface area contributed by atoms with Gasteiger partial charge in [-0.15, -0.1) is 0 Å². The molecule has 192 valence electrons. The number of carbonyl (C=O) groups is 1. The highest BCUT2D eigenvalue weighted by molar-refractivity contribution is 5.93. The molecule has 1 aromatic rings. The molecule has 0 aromatic heterocycles. The molecule has 4 nitrogen and oxygen atoms in total. The Morgan fingerprint density at radius 2 is 2.05 bits per heavy atom. The molecular formula is C32H34FNO3. The first kappa shape index (κ1) is 24.4. The number of hydrogen-bond donors (Lipinski definition) is 0. The second-order valence-electron chi connectivity index (χ2n) is 11.1. The van der Waals surface area contributed by atoms with Crippen molar-refractivity contribution in [2.75, 3.05) is 27.3 Å². The smallest absolute Gasteiger partial charge is 0.156 e. The van der Waals surface area contributed by atoms with Gasteiger partial charge in [0.1, 0.15) is 5.82 Å². The minimum atomic E-state index is -0.716. The van der Waals surface area contributed by atoms with Gasteiger partial charge in [0.15, 0.2) is 11.4 Å². The lowest BCUT2D eigenvalue weighted by Crippen LogP contribution is -2.41. The van der Waals surface area contributed by atoms with Crippen molar-refractivity contribution in [2.45, 2.75) is 50.2 Å². The Kier molecular flexibility index (Phi) is 6.42. The lowest BCUT2D eigenvalue weighted by atomic mass is 9.65. The molecule has 2 saturated heterocycles. The Balaban J connectivity index is 1.42. The highest BCUT2D eigenvalue weighted by Crippen LogP contribution is 2.53. The first-order valence-electron chi connectivity index (χ1n) is 13.5. The predicted octanol–water partition coefficient (Wildman–Crippen LogP) is 5.37. The van der Waals surface area contributed by atoms with E-state index in [1.54, 1.807) is 6.07 Å². The molecule has 3 aliphatic carbocycles. The molecule has 0 N–H and O–H groups in total. The van der Waals surface area contributed by atoms with Crippen molar-refractivity contribution in [3.05, 3.63) is 82.4 Å². The lowest BCUT2D eigenvalue weighted by Gasteiger charge is -2.40. The standard InChI is InChI=1S/C32H34FNO3/c1-34(2)25-9-6-22(7-10-25)31-30-27-13-11-26(35)19-23(27)8-12-28(30)29-15-17-37-32(29,20-36-31)16-14-21-4-3-5-24(33)18-21/h3-6,9-10,18-19,22,28-29,31H,7-8,11-13,15,17,20H2,1-2H3/t22-,28?,29?,31?,32+/m0/s1. The number of allylic oxidation sites excluding steroid dienone is 5. The van der Waals surface area contributed by atoms with E-state index in [1.165, 1.54) is 34.5 Å². The van der Waals surface area contributed by atoms with E-state index < -0.39 is 5.60 Å². The number of likely N-dealkylation sites (N-methyl/N-ethyl adjacent to an activating group) is 1. The maximum atomic E-state index is 13.8. The van der Waals surface area contributed by atoms with Crippen molar-refractivity contribution < 1.29 is 18.7 Å². The summed E-state index contributed by atoms with van der Waals surface area (Å²) >= 11 is 0. The Hall–Kier alpha value is -2.94. The van der Waals surface area contributed by atoms with Crippen LogP contribution in [0.3, 0.4) is 0 Å². The summed E-state index contributed by atoms with van der Waals surface area (Å²) in [4.78, 5) is 14.4. The van der Waals surface area contributed by atoms with Crippen LogP contribution in [0, 0.1) is 35.4 Å². The number of nitrogens with zero attached hydrogens (tertiary/aromatic N) is 1. The SMILES string of the molecule is CN(C)C1=CC[C@@H](C2OC[C@@]3(C#Cc4cccc(F)c4)OCCC3C3CCC4=CC(=O)CCC4=C32)C=C1. The molecule has 0 radical (unpaired) electrons. The van der Waals surface area contributed by atoms with Crippen molar-refractivity contribution in [1.29, 1.82) is 0 Å². The molecule has 0 saturated carbocycles. The normalized spacial score (nSPS) is 32.8. The zero-order valence-electron chi connectivity index (χ0n) is 21.6. The van der Waals surface area contributed by atoms with Gasteiger partial charge in [-0.05, 0) is 85.1 Å². The van der Waals surface area contributed by atoms with E-state index in [0.29, 0.717) is 31.1 Å². The maximum Gasteiger partial charge on any atom is 0.156 e. The average molecular weight is 500 g/mol. The highest BCUT2D eigenvalue weighted by atomic mass is 19.1. The van der Waals surface area contributed by atoms with Crippen LogP contribution in [0.4, 0.5) is 4.39 Å². The van der Waals surface area contributed by atoms with Gasteiger partial charge < -0.3 is 14.4 Å². The van der Waals surface area contributed by atoms with Gasteiger partial charge in [0.25, 0.3) is 0 Å². The largest absolute Gasteiger partial charge is 0.378 e. The molecule has 6 rings (SSSR count). The van der Waals surface area contributed by atoms with Crippen molar-refractivity contribution in [2.24, 2.45) is 17.8 Å². The first-order chi connectivity index (χ1) is 17.9. The van der Waals surface area contributed by atoms with Crippen LogP contribution in [-0.2, 0) is 14.3 Å². The third-order valence-electron chi connectivity index (χ3n) is 8.74. The molecule has 2 fully saturated rings. The predicted molar refractivity (Wildman–Crippen MR) is 141 cm³/mol. The van der Waals surface area contributed by atoms with Crippen LogP contribution in [0.1, 0.15) is 44.1 Å². The third kappa shape index (κ3) is 4.51. The van der Waals surface area contributed by atoms with Crippen LogP contribution in [0.5, 0.6) is 0 Å². The molecule has 37 heavy (non-hydrogen) atoms. The van der Waals surface area contributed by atoms with Gasteiger partial charge in [0.2, 0.25) is 0 Å².